The third-order valence-corrected chi connectivity index (χ3v) is 8.49. The minimum Gasteiger partial charge on any atom is -0.497 e. The van der Waals surface area contributed by atoms with Crippen molar-refractivity contribution in [1.82, 2.24) is 9.88 Å². The molecule has 0 saturated carbocycles. The number of aromatic nitrogens is 1. The highest BCUT2D eigenvalue weighted by molar-refractivity contribution is 7.98. The molecule has 3 fully saturated rings. The van der Waals surface area contributed by atoms with Crippen LogP contribution in [-0.4, -0.2) is 36.1 Å². The van der Waals surface area contributed by atoms with Crippen molar-refractivity contribution in [2.24, 2.45) is 11.8 Å². The van der Waals surface area contributed by atoms with Crippen LogP contribution in [-0.2, 0) is 5.75 Å². The van der Waals surface area contributed by atoms with E-state index in [1.54, 1.807) is 7.11 Å². The van der Waals surface area contributed by atoms with Crippen molar-refractivity contribution < 1.29 is 4.74 Å². The van der Waals surface area contributed by atoms with Gasteiger partial charge in [-0.05, 0) is 66.6 Å². The minimum absolute atomic E-state index is 0.395. The molecule has 4 heteroatoms. The Hall–Kier alpha value is -2.30. The lowest BCUT2D eigenvalue weighted by molar-refractivity contribution is 0.0183. The maximum absolute atomic E-state index is 5.55. The molecule has 0 N–H and O–H groups in total. The van der Waals surface area contributed by atoms with Crippen molar-refractivity contribution >= 4 is 22.7 Å². The average Bonchev–Trinajstić information content (AvgIpc) is 2.85. The number of nitrogens with zero attached hydrogens (tertiary/aromatic N) is 2. The van der Waals surface area contributed by atoms with Crippen LogP contribution < -0.4 is 4.74 Å². The SMILES string of the molecule is C=C[C@H]1CN2CC[C@H]1C[C@@H]2[C@@H](SCc1ccccc1)c1ccnc2ccc(OC)cc12. The standard InChI is InChI=1S/C27H30N2OS/c1-3-20-17-29-14-12-21(20)15-26(29)27(31-18-19-7-5-4-6-8-19)23-11-13-28-25-10-9-22(30-2)16-24(23)25/h3-11,13,16,20-21,26-27H,1,12,14-15,17-18H2,2H3/t20-,21-,26+,27-/m0/s1. The molecule has 0 aliphatic carbocycles. The van der Waals surface area contributed by atoms with E-state index < -0.39 is 0 Å². The zero-order valence-corrected chi connectivity index (χ0v) is 18.9. The Bertz CT molecular complexity index is 1050. The molecule has 3 nitrogen and oxygen atoms in total. The monoisotopic (exact) mass is 430 g/mol. The summed E-state index contributed by atoms with van der Waals surface area (Å²) in [5.41, 5.74) is 3.81. The Morgan fingerprint density at radius 2 is 2.10 bits per heavy atom. The van der Waals surface area contributed by atoms with Crippen LogP contribution in [0.1, 0.15) is 29.2 Å². The number of pyridine rings is 1. The number of piperidine rings is 3. The summed E-state index contributed by atoms with van der Waals surface area (Å²) in [6.45, 7) is 6.46. The lowest BCUT2D eigenvalue weighted by atomic mass is 9.74. The molecule has 0 radical (unpaired) electrons. The third kappa shape index (κ3) is 4.11. The van der Waals surface area contributed by atoms with Gasteiger partial charge < -0.3 is 4.74 Å². The van der Waals surface area contributed by atoms with Crippen molar-refractivity contribution in [2.75, 3.05) is 20.2 Å². The first-order valence-corrected chi connectivity index (χ1v) is 12.3. The van der Waals surface area contributed by atoms with E-state index in [1.807, 2.05) is 12.3 Å². The summed E-state index contributed by atoms with van der Waals surface area (Å²) in [6, 6.07) is 19.9. The number of fused-ring (bicyclic) bond motifs is 4. The van der Waals surface area contributed by atoms with Crippen molar-refractivity contribution in [3.05, 3.63) is 84.6 Å². The van der Waals surface area contributed by atoms with Crippen LogP contribution in [0.3, 0.4) is 0 Å². The van der Waals surface area contributed by atoms with E-state index in [9.17, 15) is 0 Å². The number of hydrogen-bond acceptors (Lipinski definition) is 4. The number of hydrogen-bond donors (Lipinski definition) is 0. The number of benzene rings is 2. The molecule has 0 amide bonds. The van der Waals surface area contributed by atoms with Gasteiger partial charge in [0, 0.05) is 35.2 Å². The Kier molecular flexibility index (Phi) is 6.02. The highest BCUT2D eigenvalue weighted by Gasteiger charge is 2.42. The second-order valence-electron chi connectivity index (χ2n) is 8.75. The third-order valence-electron chi connectivity index (χ3n) is 7.06. The van der Waals surface area contributed by atoms with Gasteiger partial charge in [-0.3, -0.25) is 9.88 Å². The molecular weight excluding hydrogens is 400 g/mol. The first kappa shape index (κ1) is 20.6. The maximum Gasteiger partial charge on any atom is 0.119 e. The Morgan fingerprint density at radius 1 is 1.23 bits per heavy atom. The summed E-state index contributed by atoms with van der Waals surface area (Å²) in [4.78, 5) is 7.37. The summed E-state index contributed by atoms with van der Waals surface area (Å²) >= 11 is 2.07. The fourth-order valence-corrected chi connectivity index (χ4v) is 6.84. The minimum atomic E-state index is 0.395. The predicted molar refractivity (Wildman–Crippen MR) is 131 cm³/mol. The predicted octanol–water partition coefficient (Wildman–Crippen LogP) is 6.11. The van der Waals surface area contributed by atoms with Gasteiger partial charge in [-0.2, -0.15) is 0 Å². The van der Waals surface area contributed by atoms with E-state index in [0.717, 1.165) is 29.5 Å². The smallest absolute Gasteiger partial charge is 0.119 e. The molecule has 160 valence electrons. The van der Waals surface area contributed by atoms with E-state index >= 15 is 0 Å². The molecular formula is C27H30N2OS. The molecule has 3 saturated heterocycles. The van der Waals surface area contributed by atoms with E-state index in [0.29, 0.717) is 17.2 Å². The van der Waals surface area contributed by atoms with E-state index in [4.69, 9.17) is 4.74 Å². The van der Waals surface area contributed by atoms with E-state index in [-0.39, 0.29) is 0 Å². The van der Waals surface area contributed by atoms with Crippen LogP contribution in [0.2, 0.25) is 0 Å². The van der Waals surface area contributed by atoms with Crippen LogP contribution in [0, 0.1) is 11.8 Å². The second kappa shape index (κ2) is 9.05. The van der Waals surface area contributed by atoms with Crippen LogP contribution in [0.15, 0.2) is 73.4 Å². The largest absolute Gasteiger partial charge is 0.497 e. The molecule has 0 spiro atoms. The quantitative estimate of drug-likeness (QED) is 0.422. The van der Waals surface area contributed by atoms with Crippen LogP contribution in [0.5, 0.6) is 5.75 Å². The molecule has 1 unspecified atom stereocenters. The molecule has 2 bridgehead atoms. The molecule has 6 rings (SSSR count). The van der Waals surface area contributed by atoms with Gasteiger partial charge in [-0.25, -0.2) is 0 Å². The summed E-state index contributed by atoms with van der Waals surface area (Å²) < 4.78 is 5.55. The second-order valence-corrected chi connectivity index (χ2v) is 9.88. The van der Waals surface area contributed by atoms with Gasteiger partial charge in [0.2, 0.25) is 0 Å². The molecule has 2 aromatic carbocycles. The molecule has 31 heavy (non-hydrogen) atoms. The van der Waals surface area contributed by atoms with Crippen molar-refractivity contribution in [3.63, 3.8) is 0 Å². The van der Waals surface area contributed by atoms with Crippen LogP contribution >= 0.6 is 11.8 Å². The molecule has 1 aromatic heterocycles. The lowest BCUT2D eigenvalue weighted by Gasteiger charge is -2.51. The summed E-state index contributed by atoms with van der Waals surface area (Å²) in [5, 5.41) is 1.61. The normalized spacial score (nSPS) is 26.0. The van der Waals surface area contributed by atoms with Crippen LogP contribution in [0.4, 0.5) is 0 Å². The average molecular weight is 431 g/mol. The van der Waals surface area contributed by atoms with Gasteiger partial charge >= 0.3 is 0 Å². The first-order chi connectivity index (χ1) is 15.3. The summed E-state index contributed by atoms with van der Waals surface area (Å²) in [5.74, 6) is 3.30. The summed E-state index contributed by atoms with van der Waals surface area (Å²) in [6.07, 6.45) is 6.71. The molecule has 5 atom stereocenters. The molecule has 3 aliphatic heterocycles. The van der Waals surface area contributed by atoms with Crippen molar-refractivity contribution in [1.29, 1.82) is 0 Å². The Balaban J connectivity index is 1.53. The van der Waals surface area contributed by atoms with Crippen molar-refractivity contribution in [2.45, 2.75) is 29.9 Å². The van der Waals surface area contributed by atoms with Gasteiger partial charge in [0.1, 0.15) is 5.75 Å². The highest BCUT2D eigenvalue weighted by Crippen LogP contribution is 2.48. The zero-order valence-electron chi connectivity index (χ0n) is 18.1. The number of ether oxygens (including phenoxy) is 1. The molecule has 4 heterocycles. The Labute approximate surface area is 189 Å². The fourth-order valence-electron chi connectivity index (χ4n) is 5.38. The highest BCUT2D eigenvalue weighted by atomic mass is 32.2. The van der Waals surface area contributed by atoms with E-state index in [1.165, 1.54) is 35.9 Å². The van der Waals surface area contributed by atoms with Crippen LogP contribution in [0.25, 0.3) is 10.9 Å². The summed E-state index contributed by atoms with van der Waals surface area (Å²) in [7, 11) is 1.74. The van der Waals surface area contributed by atoms with Gasteiger partial charge in [-0.1, -0.05) is 36.4 Å². The number of thioether (sulfide) groups is 1. The topological polar surface area (TPSA) is 25.4 Å². The van der Waals surface area contributed by atoms with Gasteiger partial charge in [0.25, 0.3) is 0 Å². The lowest BCUT2D eigenvalue weighted by Crippen LogP contribution is -2.54. The van der Waals surface area contributed by atoms with Gasteiger partial charge in [0.05, 0.1) is 12.6 Å². The molecule has 3 aliphatic rings. The van der Waals surface area contributed by atoms with E-state index in [2.05, 4.69) is 82.8 Å². The van der Waals surface area contributed by atoms with Gasteiger partial charge in [0.15, 0.2) is 0 Å². The first-order valence-electron chi connectivity index (χ1n) is 11.2. The zero-order chi connectivity index (χ0) is 21.2. The Morgan fingerprint density at radius 3 is 2.84 bits per heavy atom. The maximum atomic E-state index is 5.55. The van der Waals surface area contributed by atoms with Crippen molar-refractivity contribution in [3.8, 4) is 5.75 Å². The number of methoxy groups -OCH3 is 1. The fraction of sp³-hybridized carbons (Fsp3) is 0.370. The number of rotatable bonds is 7. The van der Waals surface area contributed by atoms with Gasteiger partial charge in [-0.15, -0.1) is 18.3 Å². The molecule has 3 aromatic rings.